The number of benzene rings is 1. The number of nitrogens with one attached hydrogen (secondary N) is 1. The first-order valence-electron chi connectivity index (χ1n) is 6.30. The Morgan fingerprint density at radius 1 is 1.05 bits per heavy atom. The van der Waals surface area contributed by atoms with Crippen LogP contribution in [0.5, 0.6) is 0 Å². The second-order valence-corrected chi connectivity index (χ2v) is 4.54. The molecule has 0 atom stereocenters. The van der Waals surface area contributed by atoms with Crippen molar-refractivity contribution < 1.29 is 8.78 Å². The van der Waals surface area contributed by atoms with E-state index in [4.69, 9.17) is 0 Å². The first-order chi connectivity index (χ1) is 9.74. The normalized spacial score (nSPS) is 11.1. The molecule has 0 aliphatic rings. The number of fused-ring (bicyclic) bond motifs is 1. The Bertz CT molecular complexity index is 737. The largest absolute Gasteiger partial charge is 0.308 e. The van der Waals surface area contributed by atoms with Crippen LogP contribution in [-0.4, -0.2) is 9.61 Å². The maximum atomic E-state index is 13.5. The summed E-state index contributed by atoms with van der Waals surface area (Å²) < 4.78 is 28.3. The van der Waals surface area contributed by atoms with Gasteiger partial charge in [0.15, 0.2) is 0 Å². The van der Waals surface area contributed by atoms with Crippen LogP contribution in [0.4, 0.5) is 8.78 Å². The molecule has 0 unspecified atom stereocenters. The second kappa shape index (κ2) is 5.38. The zero-order chi connectivity index (χ0) is 13.9. The maximum Gasteiger partial charge on any atom is 0.127 e. The van der Waals surface area contributed by atoms with E-state index in [-0.39, 0.29) is 6.54 Å². The monoisotopic (exact) mass is 273 g/mol. The fourth-order valence-corrected chi connectivity index (χ4v) is 2.13. The summed E-state index contributed by atoms with van der Waals surface area (Å²) in [6.45, 7) is 0.817. The molecule has 0 spiro atoms. The summed E-state index contributed by atoms with van der Waals surface area (Å²) in [5.74, 6) is -0.835. The average Bonchev–Trinajstić information content (AvgIpc) is 2.86. The van der Waals surface area contributed by atoms with Crippen LogP contribution < -0.4 is 5.32 Å². The lowest BCUT2D eigenvalue weighted by Crippen LogP contribution is -2.13. The number of aromatic nitrogens is 2. The highest BCUT2D eigenvalue weighted by atomic mass is 19.1. The van der Waals surface area contributed by atoms with Gasteiger partial charge in [0.05, 0.1) is 11.7 Å². The van der Waals surface area contributed by atoms with E-state index in [1.807, 2.05) is 24.4 Å². The molecule has 0 amide bonds. The number of rotatable bonds is 4. The van der Waals surface area contributed by atoms with E-state index in [1.54, 1.807) is 10.7 Å². The van der Waals surface area contributed by atoms with E-state index in [9.17, 15) is 8.78 Å². The molecule has 0 radical (unpaired) electrons. The third-order valence-corrected chi connectivity index (χ3v) is 3.14. The van der Waals surface area contributed by atoms with Crippen LogP contribution in [0.2, 0.25) is 0 Å². The molecule has 0 saturated heterocycles. The standard InChI is InChI=1S/C15H13F2N3/c16-13-4-5-14(17)11(7-13)8-18-9-12-10-19-20-6-2-1-3-15(12)20/h1-7,10,18H,8-9H2. The Balaban J connectivity index is 1.69. The summed E-state index contributed by atoms with van der Waals surface area (Å²) in [7, 11) is 0. The van der Waals surface area contributed by atoms with Crippen LogP contribution in [0, 0.1) is 11.6 Å². The molecule has 0 fully saturated rings. The molecule has 3 rings (SSSR count). The van der Waals surface area contributed by atoms with Crippen molar-refractivity contribution in [1.29, 1.82) is 0 Å². The van der Waals surface area contributed by atoms with Gasteiger partial charge in [0.25, 0.3) is 0 Å². The fraction of sp³-hybridized carbons (Fsp3) is 0.133. The molecule has 0 saturated carbocycles. The van der Waals surface area contributed by atoms with Crippen LogP contribution in [0.1, 0.15) is 11.1 Å². The Morgan fingerprint density at radius 2 is 1.90 bits per heavy atom. The van der Waals surface area contributed by atoms with Gasteiger partial charge in [0.2, 0.25) is 0 Å². The molecule has 102 valence electrons. The van der Waals surface area contributed by atoms with E-state index in [2.05, 4.69) is 10.4 Å². The minimum absolute atomic E-state index is 0.272. The molecule has 1 aromatic carbocycles. The summed E-state index contributed by atoms with van der Waals surface area (Å²) in [5.41, 5.74) is 2.34. The Hall–Kier alpha value is -2.27. The van der Waals surface area contributed by atoms with Gasteiger partial charge in [-0.25, -0.2) is 13.3 Å². The molecule has 3 aromatic rings. The van der Waals surface area contributed by atoms with E-state index >= 15 is 0 Å². The van der Waals surface area contributed by atoms with E-state index in [0.29, 0.717) is 12.1 Å². The quantitative estimate of drug-likeness (QED) is 0.792. The summed E-state index contributed by atoms with van der Waals surface area (Å²) in [5, 5.41) is 7.32. The summed E-state index contributed by atoms with van der Waals surface area (Å²) in [6.07, 6.45) is 3.63. The Morgan fingerprint density at radius 3 is 2.80 bits per heavy atom. The second-order valence-electron chi connectivity index (χ2n) is 4.54. The predicted molar refractivity (Wildman–Crippen MR) is 72.1 cm³/mol. The van der Waals surface area contributed by atoms with Crippen molar-refractivity contribution in [3.8, 4) is 0 Å². The van der Waals surface area contributed by atoms with Gasteiger partial charge in [-0.3, -0.25) is 0 Å². The summed E-state index contributed by atoms with van der Waals surface area (Å²) >= 11 is 0. The zero-order valence-electron chi connectivity index (χ0n) is 10.7. The minimum Gasteiger partial charge on any atom is -0.308 e. The van der Waals surface area contributed by atoms with Gasteiger partial charge < -0.3 is 5.32 Å². The molecule has 0 aliphatic carbocycles. The molecule has 2 aromatic heterocycles. The Labute approximate surface area is 114 Å². The fourth-order valence-electron chi connectivity index (χ4n) is 2.13. The van der Waals surface area contributed by atoms with Crippen molar-refractivity contribution in [3.05, 3.63) is 71.6 Å². The lowest BCUT2D eigenvalue weighted by atomic mass is 10.2. The molecule has 20 heavy (non-hydrogen) atoms. The molecule has 3 nitrogen and oxygen atoms in total. The molecule has 0 aliphatic heterocycles. The van der Waals surface area contributed by atoms with Gasteiger partial charge in [0, 0.05) is 30.4 Å². The van der Waals surface area contributed by atoms with Crippen molar-refractivity contribution in [2.75, 3.05) is 0 Å². The van der Waals surface area contributed by atoms with Crippen LogP contribution in [0.3, 0.4) is 0 Å². The van der Waals surface area contributed by atoms with Crippen molar-refractivity contribution in [3.63, 3.8) is 0 Å². The molecule has 0 bridgehead atoms. The first-order valence-corrected chi connectivity index (χ1v) is 6.30. The highest BCUT2D eigenvalue weighted by Gasteiger charge is 2.05. The van der Waals surface area contributed by atoms with Crippen molar-refractivity contribution in [1.82, 2.24) is 14.9 Å². The number of halogens is 2. The molecule has 5 heteroatoms. The van der Waals surface area contributed by atoms with Crippen LogP contribution in [0.15, 0.2) is 48.8 Å². The smallest absolute Gasteiger partial charge is 0.127 e. The van der Waals surface area contributed by atoms with E-state index in [0.717, 1.165) is 23.2 Å². The average molecular weight is 273 g/mol. The SMILES string of the molecule is Fc1ccc(F)c(CNCc2cnn3ccccc23)c1. The first kappa shape index (κ1) is 12.7. The lowest BCUT2D eigenvalue weighted by molar-refractivity contribution is 0.569. The number of nitrogens with zero attached hydrogens (tertiary/aromatic N) is 2. The third kappa shape index (κ3) is 2.53. The molecule has 2 heterocycles. The lowest BCUT2D eigenvalue weighted by Gasteiger charge is -2.05. The van der Waals surface area contributed by atoms with Crippen LogP contribution in [-0.2, 0) is 13.1 Å². The van der Waals surface area contributed by atoms with Gasteiger partial charge in [-0.05, 0) is 30.3 Å². The van der Waals surface area contributed by atoms with E-state index < -0.39 is 11.6 Å². The van der Waals surface area contributed by atoms with Crippen LogP contribution in [0.25, 0.3) is 5.52 Å². The summed E-state index contributed by atoms with van der Waals surface area (Å²) in [4.78, 5) is 0. The third-order valence-electron chi connectivity index (χ3n) is 3.14. The number of hydrogen-bond donors (Lipinski definition) is 1. The highest BCUT2D eigenvalue weighted by Crippen LogP contribution is 2.12. The highest BCUT2D eigenvalue weighted by molar-refractivity contribution is 5.53. The molecular weight excluding hydrogens is 260 g/mol. The van der Waals surface area contributed by atoms with Crippen molar-refractivity contribution in [2.24, 2.45) is 0 Å². The van der Waals surface area contributed by atoms with Crippen molar-refractivity contribution in [2.45, 2.75) is 13.1 Å². The van der Waals surface area contributed by atoms with Gasteiger partial charge in [-0.15, -0.1) is 0 Å². The molecule has 1 N–H and O–H groups in total. The summed E-state index contributed by atoms with van der Waals surface area (Å²) in [6, 6.07) is 9.27. The number of hydrogen-bond acceptors (Lipinski definition) is 2. The van der Waals surface area contributed by atoms with Gasteiger partial charge >= 0.3 is 0 Å². The van der Waals surface area contributed by atoms with Gasteiger partial charge in [-0.1, -0.05) is 6.07 Å². The van der Waals surface area contributed by atoms with Gasteiger partial charge in [0.1, 0.15) is 11.6 Å². The maximum absolute atomic E-state index is 13.5. The predicted octanol–water partition coefficient (Wildman–Crippen LogP) is 2.90. The minimum atomic E-state index is -0.431. The molecular formula is C15H13F2N3. The number of pyridine rings is 1. The topological polar surface area (TPSA) is 29.3 Å². The van der Waals surface area contributed by atoms with Gasteiger partial charge in [-0.2, -0.15) is 5.10 Å². The van der Waals surface area contributed by atoms with E-state index in [1.165, 1.54) is 6.07 Å². The Kier molecular flexibility index (Phi) is 3.43. The van der Waals surface area contributed by atoms with Crippen molar-refractivity contribution >= 4 is 5.52 Å². The van der Waals surface area contributed by atoms with Crippen LogP contribution >= 0.6 is 0 Å². The zero-order valence-corrected chi connectivity index (χ0v) is 10.7.